The fourth-order valence-electron chi connectivity index (χ4n) is 8.36. The Bertz CT molecular complexity index is 2690. The number of rotatable bonds is 6. The average Bonchev–Trinajstić information content (AvgIpc) is 3.95. The highest BCUT2D eigenvalue weighted by atomic mass is 16.5. The van der Waals surface area contributed by atoms with Gasteiger partial charge in [0.25, 0.3) is 0 Å². The zero-order valence-corrected chi connectivity index (χ0v) is 31.8. The molecular weight excluding hydrogens is 657 g/mol. The Morgan fingerprint density at radius 1 is 0.415 bits per heavy atom. The van der Waals surface area contributed by atoms with Gasteiger partial charge in [0.2, 0.25) is 5.75 Å². The summed E-state index contributed by atoms with van der Waals surface area (Å²) in [7, 11) is 4.92. The maximum Gasteiger partial charge on any atom is 0.203 e. The summed E-state index contributed by atoms with van der Waals surface area (Å²) in [6.45, 7) is 13.0. The quantitative estimate of drug-likeness (QED) is 0.161. The second-order valence-electron chi connectivity index (χ2n) is 14.2. The molecule has 7 heteroatoms. The predicted octanol–water partition coefficient (Wildman–Crippen LogP) is 11.6. The number of aromatic amines is 3. The van der Waals surface area contributed by atoms with Gasteiger partial charge in [0.15, 0.2) is 11.5 Å². The van der Waals surface area contributed by atoms with Gasteiger partial charge in [0, 0.05) is 44.3 Å². The standard InChI is InChI=1S/C46H44N4O3/c1-24-18-26(3)41(27(4)19-24)44-35-12-10-31(47-35)32-11-13-36(48-32)45(42-28(5)20-25(2)21-29(42)6)38-17-15-34(50-38)43(33-14-16-37(44)49-33)30-22-39(51-7)46(53-9)40(23-30)52-8/h10-23,47,49-50H,1-9H3. The Labute approximate surface area is 309 Å². The number of benzene rings is 3. The third kappa shape index (κ3) is 5.73. The molecule has 1 aliphatic heterocycles. The van der Waals surface area contributed by atoms with Crippen molar-refractivity contribution in [1.82, 2.24) is 19.9 Å². The van der Waals surface area contributed by atoms with E-state index in [0.717, 1.165) is 66.7 Å². The third-order valence-electron chi connectivity index (χ3n) is 10.4. The van der Waals surface area contributed by atoms with E-state index >= 15 is 0 Å². The Morgan fingerprint density at radius 3 is 1.28 bits per heavy atom. The Kier molecular flexibility index (Phi) is 8.37. The highest BCUT2D eigenvalue weighted by molar-refractivity contribution is 6.02. The minimum Gasteiger partial charge on any atom is -0.493 e. The van der Waals surface area contributed by atoms with Crippen molar-refractivity contribution in [1.29, 1.82) is 0 Å². The lowest BCUT2D eigenvalue weighted by atomic mass is 9.92. The first-order valence-corrected chi connectivity index (χ1v) is 17.9. The summed E-state index contributed by atoms with van der Waals surface area (Å²) in [5.41, 5.74) is 21.2. The van der Waals surface area contributed by atoms with E-state index in [-0.39, 0.29) is 0 Å². The molecule has 1 aliphatic rings. The van der Waals surface area contributed by atoms with Crippen molar-refractivity contribution in [2.24, 2.45) is 0 Å². The zero-order chi connectivity index (χ0) is 37.1. The molecule has 3 aromatic carbocycles. The minimum atomic E-state index is 0.540. The number of methoxy groups -OCH3 is 3. The summed E-state index contributed by atoms with van der Waals surface area (Å²) < 4.78 is 17.4. The maximum absolute atomic E-state index is 5.86. The number of aryl methyl sites for hydroxylation is 6. The van der Waals surface area contributed by atoms with Crippen molar-refractivity contribution < 1.29 is 14.2 Å². The minimum absolute atomic E-state index is 0.540. The molecule has 8 bridgehead atoms. The summed E-state index contributed by atoms with van der Waals surface area (Å²) in [6, 6.07) is 26.0. The van der Waals surface area contributed by atoms with Crippen LogP contribution < -0.4 is 14.2 Å². The van der Waals surface area contributed by atoms with Gasteiger partial charge >= 0.3 is 0 Å². The molecule has 3 N–H and O–H groups in total. The van der Waals surface area contributed by atoms with Crippen molar-refractivity contribution in [3.05, 3.63) is 118 Å². The lowest BCUT2D eigenvalue weighted by molar-refractivity contribution is 0.324. The van der Waals surface area contributed by atoms with E-state index in [4.69, 9.17) is 19.2 Å². The van der Waals surface area contributed by atoms with Crippen molar-refractivity contribution in [3.63, 3.8) is 0 Å². The van der Waals surface area contributed by atoms with Crippen LogP contribution in [0, 0.1) is 41.5 Å². The van der Waals surface area contributed by atoms with Crippen LogP contribution in [0.1, 0.15) is 44.8 Å². The first-order chi connectivity index (χ1) is 25.6. The molecule has 0 fully saturated rings. The molecule has 0 unspecified atom stereocenters. The molecular formula is C46H44N4O3. The largest absolute Gasteiger partial charge is 0.493 e. The van der Waals surface area contributed by atoms with Gasteiger partial charge < -0.3 is 29.2 Å². The highest BCUT2D eigenvalue weighted by Crippen LogP contribution is 2.44. The summed E-state index contributed by atoms with van der Waals surface area (Å²) in [4.78, 5) is 16.8. The van der Waals surface area contributed by atoms with Gasteiger partial charge in [-0.3, -0.25) is 0 Å². The summed E-state index contributed by atoms with van der Waals surface area (Å²) in [5, 5.41) is 0. The normalized spacial score (nSPS) is 11.8. The van der Waals surface area contributed by atoms with Crippen LogP contribution in [0.15, 0.2) is 72.8 Å². The van der Waals surface area contributed by atoms with Crippen LogP contribution in [0.5, 0.6) is 17.2 Å². The first-order valence-electron chi connectivity index (χ1n) is 17.9. The van der Waals surface area contributed by atoms with Gasteiger partial charge in [0.05, 0.1) is 38.2 Å². The zero-order valence-electron chi connectivity index (χ0n) is 31.8. The predicted molar refractivity (Wildman–Crippen MR) is 220 cm³/mol. The van der Waals surface area contributed by atoms with Gasteiger partial charge in [-0.1, -0.05) is 35.4 Å². The van der Waals surface area contributed by atoms with E-state index in [2.05, 4.69) is 129 Å². The first kappa shape index (κ1) is 33.9. The molecule has 53 heavy (non-hydrogen) atoms. The molecule has 0 spiro atoms. The van der Waals surface area contributed by atoms with E-state index in [1.807, 2.05) is 12.1 Å². The maximum atomic E-state index is 5.86. The highest BCUT2D eigenvalue weighted by Gasteiger charge is 2.20. The van der Waals surface area contributed by atoms with Crippen LogP contribution in [0.2, 0.25) is 0 Å². The molecule has 5 heterocycles. The summed E-state index contributed by atoms with van der Waals surface area (Å²) in [6.07, 6.45) is 4.25. The van der Waals surface area contributed by atoms with E-state index < -0.39 is 0 Å². The van der Waals surface area contributed by atoms with Crippen LogP contribution in [-0.4, -0.2) is 41.3 Å². The molecule has 266 valence electrons. The Balaban J connectivity index is 1.59. The molecule has 0 aliphatic carbocycles. The number of aromatic nitrogens is 4. The Hall–Kier alpha value is -6.21. The molecule has 0 atom stereocenters. The lowest BCUT2D eigenvalue weighted by Gasteiger charge is -2.15. The summed E-state index contributed by atoms with van der Waals surface area (Å²) >= 11 is 0. The molecule has 0 saturated carbocycles. The molecule has 0 radical (unpaired) electrons. The molecule has 7 aromatic rings. The van der Waals surface area contributed by atoms with Crippen LogP contribution in [0.25, 0.3) is 78.6 Å². The van der Waals surface area contributed by atoms with Crippen molar-refractivity contribution in [2.45, 2.75) is 41.5 Å². The van der Waals surface area contributed by atoms with Crippen LogP contribution in [0.3, 0.4) is 0 Å². The topological polar surface area (TPSA) is 88.0 Å². The number of nitrogens with one attached hydrogen (secondary N) is 3. The van der Waals surface area contributed by atoms with Crippen molar-refractivity contribution >= 4 is 45.3 Å². The van der Waals surface area contributed by atoms with Crippen LogP contribution in [-0.2, 0) is 0 Å². The van der Waals surface area contributed by atoms with Gasteiger partial charge in [-0.2, -0.15) is 0 Å². The fourth-order valence-corrected chi connectivity index (χ4v) is 8.36. The van der Waals surface area contributed by atoms with Gasteiger partial charge in [-0.15, -0.1) is 0 Å². The number of hydrogen-bond donors (Lipinski definition) is 3. The lowest BCUT2D eigenvalue weighted by Crippen LogP contribution is -1.96. The van der Waals surface area contributed by atoms with Gasteiger partial charge in [-0.25, -0.2) is 4.98 Å². The third-order valence-corrected chi connectivity index (χ3v) is 10.4. The van der Waals surface area contributed by atoms with Gasteiger partial charge in [-0.05, 0) is 141 Å². The van der Waals surface area contributed by atoms with Crippen LogP contribution in [0.4, 0.5) is 0 Å². The average molecular weight is 701 g/mol. The smallest absolute Gasteiger partial charge is 0.203 e. The van der Waals surface area contributed by atoms with E-state index in [0.29, 0.717) is 17.2 Å². The molecule has 7 nitrogen and oxygen atoms in total. The SMILES string of the molecule is COc1cc(-c2c3ccc([nH]3)c(-c3c(C)cc(C)cc3C)c3nc(c4ccc([nH]4)c(-c4c(C)cc(C)cc4C)c4ccc2[nH]4)C=C3)cc(OC)c1OC. The second kappa shape index (κ2) is 13.1. The number of H-pyrrole nitrogens is 3. The fraction of sp³-hybridized carbons (Fsp3) is 0.196. The van der Waals surface area contributed by atoms with Crippen molar-refractivity contribution in [3.8, 4) is 50.6 Å². The molecule has 8 rings (SSSR count). The van der Waals surface area contributed by atoms with Gasteiger partial charge in [0.1, 0.15) is 0 Å². The monoisotopic (exact) mass is 700 g/mol. The number of nitrogens with zero attached hydrogens (tertiary/aromatic N) is 1. The molecule has 4 aromatic heterocycles. The van der Waals surface area contributed by atoms with E-state index in [9.17, 15) is 0 Å². The van der Waals surface area contributed by atoms with E-state index in [1.165, 1.54) is 44.5 Å². The molecule has 0 amide bonds. The van der Waals surface area contributed by atoms with Crippen molar-refractivity contribution in [2.75, 3.05) is 21.3 Å². The second-order valence-corrected chi connectivity index (χ2v) is 14.2. The Morgan fingerprint density at radius 2 is 0.811 bits per heavy atom. The van der Waals surface area contributed by atoms with E-state index in [1.54, 1.807) is 21.3 Å². The number of ether oxygens (including phenoxy) is 3. The summed E-state index contributed by atoms with van der Waals surface area (Å²) in [5.74, 6) is 1.69. The van der Waals surface area contributed by atoms with Crippen LogP contribution >= 0.6 is 0 Å². The molecule has 0 saturated heterocycles. The number of hydrogen-bond acceptors (Lipinski definition) is 4. The number of fused-ring (bicyclic) bond motifs is 9.